The van der Waals surface area contributed by atoms with Crippen LogP contribution in [0.1, 0.15) is 92.9 Å². The van der Waals surface area contributed by atoms with Gasteiger partial charge in [-0.3, -0.25) is 9.89 Å². The molecule has 1 fully saturated rings. The molecule has 0 unspecified atom stereocenters. The summed E-state index contributed by atoms with van der Waals surface area (Å²) in [7, 11) is 1.67. The van der Waals surface area contributed by atoms with Gasteiger partial charge in [-0.2, -0.15) is 5.26 Å². The zero-order valence-corrected chi connectivity index (χ0v) is 26.5. The van der Waals surface area contributed by atoms with E-state index >= 15 is 0 Å². The van der Waals surface area contributed by atoms with Crippen LogP contribution in [0.15, 0.2) is 53.0 Å². The van der Waals surface area contributed by atoms with E-state index in [9.17, 15) is 0 Å². The standard InChI is InChI=1S/C20H27N3O2.C15H20N2/c1-6-8-17-20-16(9-10-22-25-20)11-18(23-17)15(4)12-21-13-19(24-5)14(3)7-2;1-12-3-4-15(13(2)11-12)14-5-8-17(9-6-14)10-7-16/h9-13,22H,6-8H2,1-5H3;3-4,11,14H,5-6,8-10H2,1-2H3/b15-12+,19-14?,21-13?;. The lowest BCUT2D eigenvalue weighted by atomic mass is 9.86. The second-order valence-corrected chi connectivity index (χ2v) is 11.0. The fourth-order valence-electron chi connectivity index (χ4n) is 5.25. The fourth-order valence-corrected chi connectivity index (χ4v) is 5.25. The Morgan fingerprint density at radius 3 is 2.62 bits per heavy atom. The van der Waals surface area contributed by atoms with E-state index in [1.54, 1.807) is 19.5 Å². The first-order valence-electron chi connectivity index (χ1n) is 15.0. The first-order valence-corrected chi connectivity index (χ1v) is 15.0. The minimum atomic E-state index is 0.583. The van der Waals surface area contributed by atoms with Gasteiger partial charge in [-0.25, -0.2) is 10.5 Å². The highest BCUT2D eigenvalue weighted by molar-refractivity contribution is 5.78. The van der Waals surface area contributed by atoms with Crippen molar-refractivity contribution in [3.05, 3.63) is 81.6 Å². The minimum Gasteiger partial charge on any atom is -0.495 e. The summed E-state index contributed by atoms with van der Waals surface area (Å²) in [5.41, 5.74) is 12.1. The predicted octanol–water partition coefficient (Wildman–Crippen LogP) is 7.67. The van der Waals surface area contributed by atoms with Crippen molar-refractivity contribution in [2.24, 2.45) is 4.99 Å². The number of nitriles is 1. The summed E-state index contributed by atoms with van der Waals surface area (Å²) >= 11 is 0. The number of rotatable bonds is 9. The molecule has 1 saturated heterocycles. The van der Waals surface area contributed by atoms with Gasteiger partial charge in [0.25, 0.3) is 0 Å². The number of hydrogen-bond acceptors (Lipinski definition) is 7. The van der Waals surface area contributed by atoms with E-state index in [2.05, 4.69) is 67.3 Å². The molecule has 0 amide bonds. The number of methoxy groups -OCH3 is 1. The maximum atomic E-state index is 8.68. The molecule has 1 aromatic heterocycles. The van der Waals surface area contributed by atoms with Gasteiger partial charge in [0.2, 0.25) is 0 Å². The molecule has 224 valence electrons. The lowest BCUT2D eigenvalue weighted by Crippen LogP contribution is -2.33. The molecule has 0 bridgehead atoms. The van der Waals surface area contributed by atoms with Gasteiger partial charge in [0, 0.05) is 18.0 Å². The predicted molar refractivity (Wildman–Crippen MR) is 173 cm³/mol. The zero-order chi connectivity index (χ0) is 30.5. The van der Waals surface area contributed by atoms with Gasteiger partial charge in [0.15, 0.2) is 5.75 Å². The number of piperidine rings is 1. The summed E-state index contributed by atoms with van der Waals surface area (Å²) in [6.45, 7) is 15.3. The number of aromatic nitrogens is 1. The maximum absolute atomic E-state index is 8.68. The Morgan fingerprint density at radius 2 is 1.98 bits per heavy atom. The van der Waals surface area contributed by atoms with Crippen LogP contribution in [0, 0.1) is 25.2 Å². The minimum absolute atomic E-state index is 0.583. The third-order valence-corrected chi connectivity index (χ3v) is 7.83. The number of nitrogens with one attached hydrogen (secondary N) is 1. The van der Waals surface area contributed by atoms with Crippen molar-refractivity contribution in [1.82, 2.24) is 15.4 Å². The van der Waals surface area contributed by atoms with Gasteiger partial charge in [0.1, 0.15) is 5.76 Å². The Balaban J connectivity index is 0.000000247. The van der Waals surface area contributed by atoms with E-state index in [-0.39, 0.29) is 0 Å². The number of fused-ring (bicyclic) bond motifs is 1. The quantitative estimate of drug-likeness (QED) is 0.190. The van der Waals surface area contributed by atoms with E-state index in [0.29, 0.717) is 12.5 Å². The largest absolute Gasteiger partial charge is 0.495 e. The van der Waals surface area contributed by atoms with Crippen LogP contribution in [-0.2, 0) is 11.2 Å². The normalized spacial score (nSPS) is 16.0. The molecule has 1 N–H and O–H groups in total. The molecule has 2 aliphatic rings. The first kappa shape index (κ1) is 32.6. The molecule has 0 radical (unpaired) electrons. The van der Waals surface area contributed by atoms with Crippen molar-refractivity contribution in [3.63, 3.8) is 0 Å². The van der Waals surface area contributed by atoms with E-state index in [1.807, 2.05) is 32.2 Å². The second-order valence-electron chi connectivity index (χ2n) is 11.0. The number of allylic oxidation sites excluding steroid dienone is 3. The van der Waals surface area contributed by atoms with E-state index in [0.717, 1.165) is 66.4 Å². The van der Waals surface area contributed by atoms with Crippen LogP contribution in [0.5, 0.6) is 5.75 Å². The SMILES string of the molecule is CCCc1nc(/C(C)=C/N=CC(OC)=C(C)CC)cc2c1ONC=C2.Cc1ccc(C2CCN(CC#N)CC2)c(C)c1. The van der Waals surface area contributed by atoms with Gasteiger partial charge >= 0.3 is 0 Å². The van der Waals surface area contributed by atoms with Gasteiger partial charge in [-0.15, -0.1) is 0 Å². The molecule has 0 aliphatic carbocycles. The van der Waals surface area contributed by atoms with Gasteiger partial charge in [-0.1, -0.05) is 44.0 Å². The molecule has 1 aromatic carbocycles. The molecule has 0 atom stereocenters. The highest BCUT2D eigenvalue weighted by atomic mass is 16.6. The number of nitrogens with zero attached hydrogens (tertiary/aromatic N) is 4. The van der Waals surface area contributed by atoms with Crippen molar-refractivity contribution in [3.8, 4) is 11.8 Å². The number of ether oxygens (including phenoxy) is 1. The number of aliphatic imine (C=N–C) groups is 1. The van der Waals surface area contributed by atoms with Gasteiger partial charge in [-0.05, 0) is 107 Å². The van der Waals surface area contributed by atoms with E-state index < -0.39 is 0 Å². The molecular formula is C35H47N5O2. The topological polar surface area (TPSA) is 82.8 Å². The summed E-state index contributed by atoms with van der Waals surface area (Å²) in [4.78, 5) is 17.0. The second kappa shape index (κ2) is 16.5. The van der Waals surface area contributed by atoms with Gasteiger partial charge in [0.05, 0.1) is 37.3 Å². The average Bonchev–Trinajstić information content (AvgIpc) is 3.00. The zero-order valence-electron chi connectivity index (χ0n) is 26.5. The molecule has 7 nitrogen and oxygen atoms in total. The number of hydrogen-bond donors (Lipinski definition) is 1. The van der Waals surface area contributed by atoms with Gasteiger partial charge < -0.3 is 9.57 Å². The molecule has 0 saturated carbocycles. The van der Waals surface area contributed by atoms with Crippen LogP contribution in [0.3, 0.4) is 0 Å². The Labute approximate surface area is 252 Å². The maximum Gasteiger partial charge on any atom is 0.183 e. The number of aryl methyl sites for hydroxylation is 3. The lowest BCUT2D eigenvalue weighted by molar-refractivity contribution is 0.234. The molecule has 0 spiro atoms. The van der Waals surface area contributed by atoms with E-state index in [1.165, 1.54) is 35.1 Å². The number of benzene rings is 1. The molecule has 2 aliphatic heterocycles. The smallest absolute Gasteiger partial charge is 0.183 e. The monoisotopic (exact) mass is 569 g/mol. The third-order valence-electron chi connectivity index (χ3n) is 7.83. The highest BCUT2D eigenvalue weighted by Crippen LogP contribution is 2.31. The molecule has 4 rings (SSSR count). The fraction of sp³-hybridized carbons (Fsp3) is 0.457. The Hall–Kier alpha value is -3.89. The summed E-state index contributed by atoms with van der Waals surface area (Å²) in [5, 5.41) is 8.68. The van der Waals surface area contributed by atoms with Crippen LogP contribution in [0.2, 0.25) is 0 Å². The van der Waals surface area contributed by atoms with Crippen LogP contribution in [0.25, 0.3) is 11.6 Å². The number of likely N-dealkylation sites (tertiary alicyclic amines) is 1. The molecule has 7 heteroatoms. The molecule has 42 heavy (non-hydrogen) atoms. The van der Waals surface area contributed by atoms with Crippen molar-refractivity contribution in [2.45, 2.75) is 79.6 Å². The molecule has 2 aromatic rings. The summed E-state index contributed by atoms with van der Waals surface area (Å²) in [6, 6.07) is 11.0. The average molecular weight is 570 g/mol. The van der Waals surface area contributed by atoms with Crippen LogP contribution < -0.4 is 10.3 Å². The van der Waals surface area contributed by atoms with Crippen LogP contribution in [-0.4, -0.2) is 42.8 Å². The number of pyridine rings is 1. The highest BCUT2D eigenvalue weighted by Gasteiger charge is 2.21. The lowest BCUT2D eigenvalue weighted by Gasteiger charge is -2.31. The summed E-state index contributed by atoms with van der Waals surface area (Å²) in [6.07, 6.45) is 12.5. The Bertz CT molecular complexity index is 1360. The van der Waals surface area contributed by atoms with Crippen LogP contribution >= 0.6 is 0 Å². The van der Waals surface area contributed by atoms with E-state index in [4.69, 9.17) is 19.8 Å². The number of hydroxylamine groups is 1. The van der Waals surface area contributed by atoms with Crippen LogP contribution in [0.4, 0.5) is 0 Å². The molecular weight excluding hydrogens is 522 g/mol. The third kappa shape index (κ3) is 9.06. The van der Waals surface area contributed by atoms with Crippen molar-refractivity contribution < 1.29 is 9.57 Å². The first-order chi connectivity index (χ1) is 20.3. The van der Waals surface area contributed by atoms with Crippen molar-refractivity contribution in [1.29, 1.82) is 5.26 Å². The Kier molecular flexibility index (Phi) is 12.8. The van der Waals surface area contributed by atoms with Crippen molar-refractivity contribution >= 4 is 17.9 Å². The van der Waals surface area contributed by atoms with Crippen molar-refractivity contribution in [2.75, 3.05) is 26.7 Å². The molecule has 3 heterocycles. The summed E-state index contributed by atoms with van der Waals surface area (Å²) in [5.74, 6) is 2.30. The summed E-state index contributed by atoms with van der Waals surface area (Å²) < 4.78 is 5.37. The Morgan fingerprint density at radius 1 is 1.21 bits per heavy atom.